The van der Waals surface area contributed by atoms with Crippen LogP contribution in [0.1, 0.15) is 13.8 Å². The zero-order valence-corrected chi connectivity index (χ0v) is 10.3. The van der Waals surface area contributed by atoms with Gasteiger partial charge in [0.05, 0.1) is 4.92 Å². The Morgan fingerprint density at radius 3 is 2.65 bits per heavy atom. The third kappa shape index (κ3) is 3.75. The summed E-state index contributed by atoms with van der Waals surface area (Å²) in [6, 6.07) is 0.982. The van der Waals surface area contributed by atoms with Gasteiger partial charge < -0.3 is 0 Å². The minimum atomic E-state index is -3.73. The van der Waals surface area contributed by atoms with Gasteiger partial charge in [-0.05, 0) is 5.92 Å². The fraction of sp³-hybridized carbons (Fsp3) is 0.444. The van der Waals surface area contributed by atoms with Crippen LogP contribution in [0.25, 0.3) is 0 Å². The van der Waals surface area contributed by atoms with E-state index in [9.17, 15) is 18.5 Å². The van der Waals surface area contributed by atoms with Crippen LogP contribution < -0.4 is 4.72 Å². The van der Waals surface area contributed by atoms with Crippen molar-refractivity contribution in [1.82, 2.24) is 9.71 Å². The Morgan fingerprint density at radius 1 is 1.47 bits per heavy atom. The van der Waals surface area contributed by atoms with E-state index in [1.54, 1.807) is 0 Å². The number of hydrogen-bond donors (Lipinski definition) is 1. The van der Waals surface area contributed by atoms with Gasteiger partial charge in [0.2, 0.25) is 10.0 Å². The lowest BCUT2D eigenvalue weighted by Crippen LogP contribution is -2.27. The summed E-state index contributed by atoms with van der Waals surface area (Å²) >= 11 is 0. The van der Waals surface area contributed by atoms with Crippen LogP contribution in [0.4, 0.5) is 5.69 Å². The van der Waals surface area contributed by atoms with Crippen molar-refractivity contribution in [2.45, 2.75) is 18.7 Å². The normalized spacial score (nSPS) is 11.7. The molecule has 0 saturated heterocycles. The lowest BCUT2D eigenvalue weighted by Gasteiger charge is -2.08. The Bertz CT molecular complexity index is 513. The minimum Gasteiger partial charge on any atom is -0.258 e. The maximum absolute atomic E-state index is 11.7. The first-order valence-electron chi connectivity index (χ1n) is 4.92. The molecule has 0 amide bonds. The van der Waals surface area contributed by atoms with Crippen LogP contribution in [0.5, 0.6) is 0 Å². The lowest BCUT2D eigenvalue weighted by molar-refractivity contribution is -0.385. The Balaban J connectivity index is 2.99. The number of nitrogens with zero attached hydrogens (tertiary/aromatic N) is 2. The van der Waals surface area contributed by atoms with E-state index in [0.717, 1.165) is 18.5 Å². The van der Waals surface area contributed by atoms with E-state index in [-0.39, 0.29) is 23.0 Å². The molecule has 1 rings (SSSR count). The fourth-order valence-corrected chi connectivity index (χ4v) is 2.21. The molecule has 0 spiro atoms. The van der Waals surface area contributed by atoms with Crippen LogP contribution in [-0.4, -0.2) is 24.9 Å². The zero-order chi connectivity index (χ0) is 13.1. The lowest BCUT2D eigenvalue weighted by atomic mass is 10.2. The molecule has 0 aromatic carbocycles. The molecule has 17 heavy (non-hydrogen) atoms. The summed E-state index contributed by atoms with van der Waals surface area (Å²) in [5, 5.41) is 10.5. The molecule has 0 atom stereocenters. The van der Waals surface area contributed by atoms with Gasteiger partial charge in [0.15, 0.2) is 0 Å². The molecule has 0 aliphatic carbocycles. The van der Waals surface area contributed by atoms with Crippen molar-refractivity contribution in [2.24, 2.45) is 5.92 Å². The first-order chi connectivity index (χ1) is 7.83. The van der Waals surface area contributed by atoms with E-state index in [4.69, 9.17) is 0 Å². The number of hydrogen-bond acceptors (Lipinski definition) is 5. The molecule has 0 fully saturated rings. The van der Waals surface area contributed by atoms with Crippen molar-refractivity contribution in [1.29, 1.82) is 0 Å². The summed E-state index contributed by atoms with van der Waals surface area (Å²) < 4.78 is 25.8. The first kappa shape index (κ1) is 13.5. The highest BCUT2D eigenvalue weighted by molar-refractivity contribution is 7.89. The van der Waals surface area contributed by atoms with E-state index in [2.05, 4.69) is 9.71 Å². The Labute approximate surface area is 99.1 Å². The largest absolute Gasteiger partial charge is 0.288 e. The maximum Gasteiger partial charge on any atom is 0.288 e. The van der Waals surface area contributed by atoms with Crippen molar-refractivity contribution in [3.05, 3.63) is 28.6 Å². The van der Waals surface area contributed by atoms with Gasteiger partial charge in [-0.15, -0.1) is 0 Å². The van der Waals surface area contributed by atoms with Crippen molar-refractivity contribution in [2.75, 3.05) is 6.54 Å². The molecule has 0 aliphatic heterocycles. The second-order valence-electron chi connectivity index (χ2n) is 3.88. The molecule has 0 aliphatic rings. The third-order valence-corrected chi connectivity index (χ3v) is 3.29. The maximum atomic E-state index is 11.7. The average molecular weight is 259 g/mol. The van der Waals surface area contributed by atoms with Gasteiger partial charge in [-0.2, -0.15) is 0 Å². The highest BCUT2D eigenvalue weighted by atomic mass is 32.2. The predicted octanol–water partition coefficient (Wildman–Crippen LogP) is 0.924. The van der Waals surface area contributed by atoms with Gasteiger partial charge in [0.25, 0.3) is 5.69 Å². The predicted molar refractivity (Wildman–Crippen MR) is 60.9 cm³/mol. The molecular formula is C9H13N3O4S. The van der Waals surface area contributed by atoms with Crippen molar-refractivity contribution in [3.8, 4) is 0 Å². The minimum absolute atomic E-state index is 0.149. The fourth-order valence-electron chi connectivity index (χ4n) is 1.01. The number of sulfonamides is 1. The quantitative estimate of drug-likeness (QED) is 0.625. The molecule has 7 nitrogen and oxygen atoms in total. The van der Waals surface area contributed by atoms with Gasteiger partial charge >= 0.3 is 0 Å². The van der Waals surface area contributed by atoms with Crippen LogP contribution in [0.3, 0.4) is 0 Å². The number of nitrogens with one attached hydrogen (secondary N) is 1. The van der Waals surface area contributed by atoms with Crippen LogP contribution in [0, 0.1) is 16.0 Å². The number of pyridine rings is 1. The third-order valence-electron chi connectivity index (χ3n) is 1.90. The van der Waals surface area contributed by atoms with Crippen LogP contribution in [0.15, 0.2) is 23.4 Å². The van der Waals surface area contributed by atoms with Gasteiger partial charge in [-0.25, -0.2) is 13.1 Å². The second-order valence-corrected chi connectivity index (χ2v) is 5.65. The van der Waals surface area contributed by atoms with Crippen molar-refractivity contribution in [3.63, 3.8) is 0 Å². The Kier molecular flexibility index (Phi) is 4.13. The topological polar surface area (TPSA) is 102 Å². The molecule has 0 saturated carbocycles. The Morgan fingerprint density at radius 2 is 2.12 bits per heavy atom. The smallest absolute Gasteiger partial charge is 0.258 e. The molecule has 94 valence electrons. The summed E-state index contributed by atoms with van der Waals surface area (Å²) in [5.74, 6) is 0.149. The Hall–Kier alpha value is -1.54. The highest BCUT2D eigenvalue weighted by Crippen LogP contribution is 2.15. The molecule has 1 heterocycles. The molecule has 0 bridgehead atoms. The number of aromatic nitrogens is 1. The summed E-state index contributed by atoms with van der Waals surface area (Å²) in [4.78, 5) is 13.1. The van der Waals surface area contributed by atoms with E-state index in [1.807, 2.05) is 13.8 Å². The molecule has 0 radical (unpaired) electrons. The van der Waals surface area contributed by atoms with Crippen LogP contribution in [-0.2, 0) is 10.0 Å². The summed E-state index contributed by atoms with van der Waals surface area (Å²) in [6.07, 6.45) is 2.08. The molecule has 8 heteroatoms. The monoisotopic (exact) mass is 259 g/mol. The SMILES string of the molecule is CC(C)CNS(=O)(=O)c1cncc([N+](=O)[O-])c1. The molecule has 1 N–H and O–H groups in total. The van der Waals surface area contributed by atoms with Gasteiger partial charge in [0.1, 0.15) is 11.1 Å². The van der Waals surface area contributed by atoms with Crippen LogP contribution in [0.2, 0.25) is 0 Å². The van der Waals surface area contributed by atoms with Gasteiger partial charge in [0, 0.05) is 18.8 Å². The number of nitro groups is 1. The van der Waals surface area contributed by atoms with Crippen LogP contribution >= 0.6 is 0 Å². The molecule has 1 aromatic rings. The van der Waals surface area contributed by atoms with Gasteiger partial charge in [-0.3, -0.25) is 15.1 Å². The highest BCUT2D eigenvalue weighted by Gasteiger charge is 2.18. The summed E-state index contributed by atoms with van der Waals surface area (Å²) in [7, 11) is -3.73. The number of rotatable bonds is 5. The molecule has 1 aromatic heterocycles. The molecule has 0 unspecified atom stereocenters. The second kappa shape index (κ2) is 5.19. The first-order valence-corrected chi connectivity index (χ1v) is 6.40. The summed E-state index contributed by atoms with van der Waals surface area (Å²) in [5.41, 5.74) is -0.350. The average Bonchev–Trinajstić information content (AvgIpc) is 2.27. The van der Waals surface area contributed by atoms with E-state index in [1.165, 1.54) is 0 Å². The van der Waals surface area contributed by atoms with E-state index in [0.29, 0.717) is 0 Å². The summed E-state index contributed by atoms with van der Waals surface area (Å²) in [6.45, 7) is 3.98. The van der Waals surface area contributed by atoms with E-state index >= 15 is 0 Å². The van der Waals surface area contributed by atoms with Gasteiger partial charge in [-0.1, -0.05) is 13.8 Å². The van der Waals surface area contributed by atoms with E-state index < -0.39 is 14.9 Å². The van der Waals surface area contributed by atoms with Crippen molar-refractivity contribution >= 4 is 15.7 Å². The zero-order valence-electron chi connectivity index (χ0n) is 9.45. The standard InChI is InChI=1S/C9H13N3O4S/c1-7(2)4-11-17(15,16)9-3-8(12(13)14)5-10-6-9/h3,5-7,11H,4H2,1-2H3. The van der Waals surface area contributed by atoms with Crippen molar-refractivity contribution < 1.29 is 13.3 Å². The molecular weight excluding hydrogens is 246 g/mol.